The van der Waals surface area contributed by atoms with Crippen LogP contribution in [-0.2, 0) is 65.4 Å². The molecule has 0 aliphatic rings. The van der Waals surface area contributed by atoms with Crippen molar-refractivity contribution in [3.63, 3.8) is 0 Å². The van der Waals surface area contributed by atoms with Crippen molar-refractivity contribution in [2.75, 3.05) is 39.6 Å². The van der Waals surface area contributed by atoms with Crippen LogP contribution < -0.4 is 0 Å². The van der Waals surface area contributed by atoms with E-state index in [0.29, 0.717) is 25.7 Å². The van der Waals surface area contributed by atoms with Gasteiger partial charge in [0.1, 0.15) is 19.3 Å². The highest BCUT2D eigenvalue weighted by atomic mass is 31.2. The van der Waals surface area contributed by atoms with Crippen molar-refractivity contribution in [2.24, 2.45) is 5.92 Å². The van der Waals surface area contributed by atoms with Crippen LogP contribution in [0.4, 0.5) is 0 Å². The second-order valence-electron chi connectivity index (χ2n) is 26.8. The van der Waals surface area contributed by atoms with Gasteiger partial charge in [-0.1, -0.05) is 330 Å². The van der Waals surface area contributed by atoms with Gasteiger partial charge in [-0.05, 0) is 31.6 Å². The van der Waals surface area contributed by atoms with Crippen LogP contribution in [0.3, 0.4) is 0 Å². The number of carbonyl (C=O) groups is 4. The molecule has 0 saturated carbocycles. The fourth-order valence-electron chi connectivity index (χ4n) is 11.2. The first-order valence-corrected chi connectivity index (χ1v) is 41.1. The number of phosphoric ester groups is 2. The van der Waals surface area contributed by atoms with E-state index >= 15 is 0 Å². The van der Waals surface area contributed by atoms with E-state index in [1.807, 2.05) is 0 Å². The Hall–Kier alpha value is -1.94. The van der Waals surface area contributed by atoms with Crippen LogP contribution in [0.5, 0.6) is 0 Å². The van der Waals surface area contributed by atoms with Crippen LogP contribution in [0.2, 0.25) is 0 Å². The van der Waals surface area contributed by atoms with Crippen molar-refractivity contribution in [1.29, 1.82) is 0 Å². The van der Waals surface area contributed by atoms with Gasteiger partial charge in [0.2, 0.25) is 0 Å². The molecule has 0 bridgehead atoms. The average molecular weight is 1350 g/mol. The normalized spacial score (nSPS) is 14.0. The average Bonchev–Trinajstić information content (AvgIpc) is 2.29. The lowest BCUT2D eigenvalue weighted by Crippen LogP contribution is -2.30. The Morgan fingerprint density at radius 1 is 0.293 bits per heavy atom. The molecule has 0 aromatic heterocycles. The molecular weight excluding hydrogens is 1210 g/mol. The van der Waals surface area contributed by atoms with Crippen molar-refractivity contribution in [3.05, 3.63) is 0 Å². The zero-order valence-electron chi connectivity index (χ0n) is 59.7. The minimum Gasteiger partial charge on any atom is -0.462 e. The van der Waals surface area contributed by atoms with Gasteiger partial charge in [0.25, 0.3) is 0 Å². The summed E-state index contributed by atoms with van der Waals surface area (Å²) in [5, 5.41) is 10.6. The number of phosphoric acid groups is 2. The molecule has 3 N–H and O–H groups in total. The summed E-state index contributed by atoms with van der Waals surface area (Å²) in [6.07, 6.45) is 54.2. The highest BCUT2D eigenvalue weighted by molar-refractivity contribution is 7.47. The summed E-state index contributed by atoms with van der Waals surface area (Å²) >= 11 is 0. The Kier molecular flexibility index (Phi) is 64.9. The molecule has 0 fully saturated rings. The predicted octanol–water partition coefficient (Wildman–Crippen LogP) is 21.3. The number of esters is 4. The summed E-state index contributed by atoms with van der Waals surface area (Å²) < 4.78 is 68.3. The molecule has 0 aromatic rings. The number of hydrogen-bond acceptors (Lipinski definition) is 15. The van der Waals surface area contributed by atoms with Gasteiger partial charge in [-0.2, -0.15) is 0 Å². The largest absolute Gasteiger partial charge is 0.472 e. The Balaban J connectivity index is 5.20. The molecule has 0 heterocycles. The van der Waals surface area contributed by atoms with Gasteiger partial charge >= 0.3 is 39.5 Å². The standard InChI is InChI=1S/C73H142O17P2/c1-6-9-12-15-18-20-22-24-26-28-30-32-34-38-43-48-53-58-72(77)90-69(63-84-71(76)57-52-47-42-37-33-31-29-27-25-23-21-19-16-13-10-7-2)65-88-92(81,82)86-61-67(74)60-85-91(79,80)87-64-68(62-83-70(75)56-51-46-40-17-14-11-8-3)89-73(78)59-54-49-44-39-35-36-41-45-50-55-66(4)5/h66-69,74H,6-65H2,1-5H3,(H,79,80)(H,81,82)/t67-,68+,69+/m0/s1. The van der Waals surface area contributed by atoms with E-state index in [2.05, 4.69) is 34.6 Å². The Morgan fingerprint density at radius 3 is 0.739 bits per heavy atom. The number of carbonyl (C=O) groups excluding carboxylic acids is 4. The number of unbranched alkanes of at least 4 members (excludes halogenated alkanes) is 45. The van der Waals surface area contributed by atoms with Gasteiger partial charge in [-0.25, -0.2) is 9.13 Å². The minimum atomic E-state index is -4.95. The Labute approximate surface area is 562 Å². The molecule has 0 spiro atoms. The zero-order valence-corrected chi connectivity index (χ0v) is 61.5. The van der Waals surface area contributed by atoms with Crippen molar-refractivity contribution in [2.45, 2.75) is 400 Å². The molecule has 0 aliphatic carbocycles. The maximum Gasteiger partial charge on any atom is 0.472 e. The van der Waals surface area contributed by atoms with E-state index in [1.54, 1.807) is 0 Å². The molecule has 0 radical (unpaired) electrons. The maximum atomic E-state index is 13.1. The molecule has 0 aromatic carbocycles. The lowest BCUT2D eigenvalue weighted by molar-refractivity contribution is -0.161. The number of ether oxygens (including phenoxy) is 4. The van der Waals surface area contributed by atoms with Gasteiger partial charge in [0, 0.05) is 25.7 Å². The molecule has 0 aliphatic heterocycles. The van der Waals surface area contributed by atoms with Gasteiger partial charge < -0.3 is 33.8 Å². The van der Waals surface area contributed by atoms with E-state index in [9.17, 15) is 43.2 Å². The monoisotopic (exact) mass is 1350 g/mol. The molecule has 546 valence electrons. The summed E-state index contributed by atoms with van der Waals surface area (Å²) in [7, 11) is -9.90. The second kappa shape index (κ2) is 66.3. The van der Waals surface area contributed by atoms with Gasteiger partial charge in [-0.3, -0.25) is 37.3 Å². The van der Waals surface area contributed by atoms with Crippen LogP contribution in [0.25, 0.3) is 0 Å². The molecule has 0 amide bonds. The van der Waals surface area contributed by atoms with E-state index < -0.39 is 97.5 Å². The topological polar surface area (TPSA) is 237 Å². The SMILES string of the molecule is CCCCCCCCCCCCCCCCCCCC(=O)O[C@H](COC(=O)CCCCCCCCCCCCCCCCCC)COP(=O)(O)OC[C@@H](O)COP(=O)(O)OC[C@@H](COC(=O)CCCCCCCCC)OC(=O)CCCCCCCCCCCC(C)C. The van der Waals surface area contributed by atoms with Gasteiger partial charge in [-0.15, -0.1) is 0 Å². The van der Waals surface area contributed by atoms with Gasteiger partial charge in [0.05, 0.1) is 26.4 Å². The van der Waals surface area contributed by atoms with Crippen LogP contribution in [0.1, 0.15) is 381 Å². The summed E-state index contributed by atoms with van der Waals surface area (Å²) in [6.45, 7) is 7.21. The quantitative estimate of drug-likeness (QED) is 0.0222. The molecule has 19 heteroatoms. The first kappa shape index (κ1) is 90.1. The predicted molar refractivity (Wildman–Crippen MR) is 372 cm³/mol. The minimum absolute atomic E-state index is 0.105. The van der Waals surface area contributed by atoms with Crippen molar-refractivity contribution < 1.29 is 80.2 Å². The summed E-state index contributed by atoms with van der Waals surface area (Å²) in [4.78, 5) is 72.5. The third-order valence-electron chi connectivity index (χ3n) is 17.0. The van der Waals surface area contributed by atoms with Crippen LogP contribution in [-0.4, -0.2) is 96.7 Å². The molecule has 0 rings (SSSR count). The van der Waals surface area contributed by atoms with Crippen molar-refractivity contribution in [1.82, 2.24) is 0 Å². The molecule has 17 nitrogen and oxygen atoms in total. The second-order valence-corrected chi connectivity index (χ2v) is 29.7. The number of aliphatic hydroxyl groups is 1. The van der Waals surface area contributed by atoms with Crippen molar-refractivity contribution >= 4 is 39.5 Å². The highest BCUT2D eigenvalue weighted by Gasteiger charge is 2.30. The van der Waals surface area contributed by atoms with Crippen LogP contribution >= 0.6 is 15.6 Å². The van der Waals surface area contributed by atoms with E-state index in [1.165, 1.54) is 193 Å². The molecule has 2 unspecified atom stereocenters. The van der Waals surface area contributed by atoms with Crippen LogP contribution in [0.15, 0.2) is 0 Å². The number of aliphatic hydroxyl groups excluding tert-OH is 1. The third-order valence-corrected chi connectivity index (χ3v) is 18.9. The summed E-state index contributed by atoms with van der Waals surface area (Å²) in [5.41, 5.74) is 0. The Morgan fingerprint density at radius 2 is 0.500 bits per heavy atom. The number of rotatable bonds is 73. The van der Waals surface area contributed by atoms with E-state index in [-0.39, 0.29) is 25.7 Å². The fraction of sp³-hybridized carbons (Fsp3) is 0.945. The highest BCUT2D eigenvalue weighted by Crippen LogP contribution is 2.45. The first-order chi connectivity index (χ1) is 44.5. The third kappa shape index (κ3) is 66.7. The Bertz CT molecular complexity index is 1770. The maximum absolute atomic E-state index is 13.1. The van der Waals surface area contributed by atoms with Gasteiger partial charge in [0.15, 0.2) is 12.2 Å². The molecule has 92 heavy (non-hydrogen) atoms. The first-order valence-electron chi connectivity index (χ1n) is 38.1. The number of hydrogen-bond donors (Lipinski definition) is 3. The van der Waals surface area contributed by atoms with E-state index in [0.717, 1.165) is 109 Å². The molecular formula is C73H142O17P2. The lowest BCUT2D eigenvalue weighted by atomic mass is 10.0. The zero-order chi connectivity index (χ0) is 67.7. The fourth-order valence-corrected chi connectivity index (χ4v) is 12.8. The molecule has 0 saturated heterocycles. The summed E-state index contributed by atoms with van der Waals surface area (Å²) in [6, 6.07) is 0. The summed E-state index contributed by atoms with van der Waals surface area (Å²) in [5.74, 6) is -1.39. The van der Waals surface area contributed by atoms with Crippen LogP contribution in [0, 0.1) is 5.92 Å². The van der Waals surface area contributed by atoms with Crippen molar-refractivity contribution in [3.8, 4) is 0 Å². The molecule has 5 atom stereocenters. The smallest absolute Gasteiger partial charge is 0.462 e. The lowest BCUT2D eigenvalue weighted by Gasteiger charge is -2.21. The van der Waals surface area contributed by atoms with E-state index in [4.69, 9.17) is 37.0 Å².